The van der Waals surface area contributed by atoms with Crippen LogP contribution in [0.5, 0.6) is 5.75 Å². The Morgan fingerprint density at radius 2 is 1.55 bits per heavy atom. The first-order valence-electron chi connectivity index (χ1n) is 14.8. The molecule has 9 nitrogen and oxygen atoms in total. The van der Waals surface area contributed by atoms with Crippen LogP contribution < -0.4 is 15.0 Å². The van der Waals surface area contributed by atoms with Crippen molar-refractivity contribution in [2.45, 2.75) is 39.7 Å². The van der Waals surface area contributed by atoms with Crippen molar-refractivity contribution in [1.82, 2.24) is 15.3 Å². The second-order valence-electron chi connectivity index (χ2n) is 11.1. The Kier molecular flexibility index (Phi) is 9.64. The van der Waals surface area contributed by atoms with Crippen LogP contribution in [0, 0.1) is 12.8 Å². The van der Waals surface area contributed by atoms with Crippen LogP contribution in [0.1, 0.15) is 57.7 Å². The number of aliphatic carboxylic acids is 1. The van der Waals surface area contributed by atoms with Crippen molar-refractivity contribution >= 4 is 23.3 Å². The molecule has 44 heavy (non-hydrogen) atoms. The molecule has 2 heterocycles. The van der Waals surface area contributed by atoms with E-state index in [-0.39, 0.29) is 23.8 Å². The molecule has 3 aromatic carbocycles. The number of ether oxygens (including phenoxy) is 1. The van der Waals surface area contributed by atoms with Gasteiger partial charge in [-0.3, -0.25) is 14.4 Å². The number of Topliss-reactive ketones (excluding diaryl/α,β-unsaturated/α-hetero) is 1. The molecule has 2 N–H and O–H groups in total. The van der Waals surface area contributed by atoms with E-state index in [9.17, 15) is 14.4 Å². The molecule has 0 spiro atoms. The van der Waals surface area contributed by atoms with E-state index in [1.54, 1.807) is 13.8 Å². The van der Waals surface area contributed by atoms with Gasteiger partial charge in [-0.15, -0.1) is 0 Å². The van der Waals surface area contributed by atoms with E-state index < -0.39 is 18.4 Å². The molecule has 9 heteroatoms. The van der Waals surface area contributed by atoms with Crippen molar-refractivity contribution in [3.63, 3.8) is 0 Å². The second kappa shape index (κ2) is 13.9. The van der Waals surface area contributed by atoms with Crippen molar-refractivity contribution in [3.05, 3.63) is 107 Å². The van der Waals surface area contributed by atoms with Crippen LogP contribution in [0.4, 0.5) is 5.69 Å². The van der Waals surface area contributed by atoms with Crippen LogP contribution in [0.15, 0.2) is 78.9 Å². The van der Waals surface area contributed by atoms with E-state index in [4.69, 9.17) is 9.84 Å². The molecule has 4 aromatic rings. The number of carbonyl (C=O) groups is 3. The molecule has 1 aliphatic rings. The van der Waals surface area contributed by atoms with Gasteiger partial charge >= 0.3 is 5.97 Å². The van der Waals surface area contributed by atoms with Gasteiger partial charge in [0.2, 0.25) is 0 Å². The average molecular weight is 593 g/mol. The number of hydrogen-bond acceptors (Lipinski definition) is 7. The molecular weight excluding hydrogens is 556 g/mol. The lowest BCUT2D eigenvalue weighted by molar-refractivity contribution is -0.135. The van der Waals surface area contributed by atoms with Crippen LogP contribution in [0.2, 0.25) is 0 Å². The van der Waals surface area contributed by atoms with Crippen LogP contribution in [-0.2, 0) is 17.8 Å². The molecule has 1 aliphatic heterocycles. The Bertz CT molecular complexity index is 1610. The minimum absolute atomic E-state index is 0.0538. The van der Waals surface area contributed by atoms with Gasteiger partial charge in [0.15, 0.2) is 17.2 Å². The molecule has 0 radical (unpaired) electrons. The molecule has 0 aliphatic carbocycles. The summed E-state index contributed by atoms with van der Waals surface area (Å²) in [6.45, 7) is 4.85. The number of aromatic nitrogens is 2. The number of nitrogens with one attached hydrogen (secondary N) is 1. The third-order valence-electron chi connectivity index (χ3n) is 7.87. The summed E-state index contributed by atoms with van der Waals surface area (Å²) in [6.07, 6.45) is 2.51. The quantitative estimate of drug-likeness (QED) is 0.219. The number of ketones is 1. The third kappa shape index (κ3) is 7.66. The molecule has 1 fully saturated rings. The Balaban J connectivity index is 1.23. The maximum Gasteiger partial charge on any atom is 0.322 e. The number of carboxylic acids is 1. The molecule has 0 bridgehead atoms. The average Bonchev–Trinajstić information content (AvgIpc) is 3.04. The molecule has 0 saturated carbocycles. The third-order valence-corrected chi connectivity index (χ3v) is 7.87. The summed E-state index contributed by atoms with van der Waals surface area (Å²) in [4.78, 5) is 47.2. The maximum atomic E-state index is 13.0. The number of anilines is 1. The van der Waals surface area contributed by atoms with Gasteiger partial charge in [-0.25, -0.2) is 9.97 Å². The lowest BCUT2D eigenvalue weighted by Crippen LogP contribution is -2.34. The van der Waals surface area contributed by atoms with Gasteiger partial charge < -0.3 is 20.1 Å². The SMILES string of the molecule is CC(=O)c1ccc(-c2ccc(N3CCC(Cc4nc(C)c(OCc5ccccc5)c(C(=O)NCC(=O)O)n4)CC3)cc2)cc1. The fourth-order valence-electron chi connectivity index (χ4n) is 5.42. The lowest BCUT2D eigenvalue weighted by Gasteiger charge is -2.33. The molecule has 5 rings (SSSR count). The van der Waals surface area contributed by atoms with Crippen LogP contribution in [0.25, 0.3) is 11.1 Å². The highest BCUT2D eigenvalue weighted by molar-refractivity contribution is 5.96. The zero-order valence-electron chi connectivity index (χ0n) is 25.0. The first-order chi connectivity index (χ1) is 21.3. The second-order valence-corrected chi connectivity index (χ2v) is 11.1. The topological polar surface area (TPSA) is 122 Å². The fraction of sp³-hybridized carbons (Fsp3) is 0.286. The molecule has 0 unspecified atom stereocenters. The van der Waals surface area contributed by atoms with E-state index in [0.29, 0.717) is 29.4 Å². The van der Waals surface area contributed by atoms with Crippen LogP contribution in [0.3, 0.4) is 0 Å². The van der Waals surface area contributed by atoms with Crippen LogP contribution in [-0.4, -0.2) is 52.4 Å². The van der Waals surface area contributed by atoms with E-state index in [1.807, 2.05) is 54.6 Å². The summed E-state index contributed by atoms with van der Waals surface area (Å²) in [6, 6.07) is 25.7. The summed E-state index contributed by atoms with van der Waals surface area (Å²) < 4.78 is 5.99. The number of carboxylic acid groups (broad SMARTS) is 1. The molecule has 226 valence electrons. The molecule has 1 saturated heterocycles. The summed E-state index contributed by atoms with van der Waals surface area (Å²) in [5, 5.41) is 11.5. The number of rotatable bonds is 11. The van der Waals surface area contributed by atoms with E-state index in [1.165, 1.54) is 0 Å². The Hall–Kier alpha value is -5.05. The Morgan fingerprint density at radius 1 is 0.909 bits per heavy atom. The summed E-state index contributed by atoms with van der Waals surface area (Å²) in [5.41, 5.74) is 5.57. The minimum Gasteiger partial charge on any atom is -0.485 e. The highest BCUT2D eigenvalue weighted by atomic mass is 16.5. The van der Waals surface area contributed by atoms with Crippen molar-refractivity contribution < 1.29 is 24.2 Å². The predicted octanol–water partition coefficient (Wildman–Crippen LogP) is 5.51. The molecular formula is C35H36N4O5. The van der Waals surface area contributed by atoms with Crippen LogP contribution >= 0.6 is 0 Å². The summed E-state index contributed by atoms with van der Waals surface area (Å²) in [7, 11) is 0. The smallest absolute Gasteiger partial charge is 0.322 e. The summed E-state index contributed by atoms with van der Waals surface area (Å²) >= 11 is 0. The fourth-order valence-corrected chi connectivity index (χ4v) is 5.42. The highest BCUT2D eigenvalue weighted by Gasteiger charge is 2.24. The van der Waals surface area contributed by atoms with Gasteiger partial charge in [0.25, 0.3) is 5.91 Å². The van der Waals surface area contributed by atoms with Crippen molar-refractivity contribution in [3.8, 4) is 16.9 Å². The number of amides is 1. The lowest BCUT2D eigenvalue weighted by atomic mass is 9.92. The Labute approximate surface area is 256 Å². The zero-order valence-corrected chi connectivity index (χ0v) is 25.0. The minimum atomic E-state index is -1.14. The van der Waals surface area contributed by atoms with Crippen molar-refractivity contribution in [1.29, 1.82) is 0 Å². The number of hydrogen-bond donors (Lipinski definition) is 2. The zero-order chi connectivity index (χ0) is 31.1. The number of aryl methyl sites for hydroxylation is 1. The first kappa shape index (κ1) is 30.4. The van der Waals surface area contributed by atoms with Gasteiger partial charge in [-0.05, 0) is 61.4 Å². The number of carbonyl (C=O) groups excluding carboxylic acids is 2. The standard InChI is InChI=1S/C35H36N4O5/c1-23-34(44-22-26-6-4-3-5-7-26)33(35(43)36-21-32(41)42)38-31(37-23)20-25-16-18-39(19-17-25)30-14-12-29(13-15-30)28-10-8-27(9-11-28)24(2)40/h3-15,25H,16-22H2,1-2H3,(H,36,43)(H,41,42). The first-order valence-corrected chi connectivity index (χ1v) is 14.8. The van der Waals surface area contributed by atoms with Gasteiger partial charge in [0, 0.05) is 30.8 Å². The monoisotopic (exact) mass is 592 g/mol. The van der Waals surface area contributed by atoms with E-state index in [0.717, 1.165) is 48.3 Å². The normalized spacial score (nSPS) is 13.4. The number of nitrogens with zero attached hydrogens (tertiary/aromatic N) is 3. The number of piperidine rings is 1. The van der Waals surface area contributed by atoms with Crippen molar-refractivity contribution in [2.75, 3.05) is 24.5 Å². The molecule has 1 aromatic heterocycles. The van der Waals surface area contributed by atoms with E-state index >= 15 is 0 Å². The predicted molar refractivity (Wildman–Crippen MR) is 168 cm³/mol. The van der Waals surface area contributed by atoms with Gasteiger partial charge in [-0.1, -0.05) is 66.7 Å². The van der Waals surface area contributed by atoms with Gasteiger partial charge in [0.1, 0.15) is 19.0 Å². The molecule has 1 amide bonds. The van der Waals surface area contributed by atoms with Crippen molar-refractivity contribution in [2.24, 2.45) is 5.92 Å². The summed E-state index contributed by atoms with van der Waals surface area (Å²) in [5.74, 6) is -0.530. The molecule has 0 atom stereocenters. The Morgan fingerprint density at radius 3 is 2.16 bits per heavy atom. The van der Waals surface area contributed by atoms with Gasteiger partial charge in [-0.2, -0.15) is 0 Å². The maximum absolute atomic E-state index is 13.0. The number of benzene rings is 3. The van der Waals surface area contributed by atoms with E-state index in [2.05, 4.69) is 44.5 Å². The largest absolute Gasteiger partial charge is 0.485 e. The van der Waals surface area contributed by atoms with Gasteiger partial charge in [0.05, 0.1) is 5.69 Å². The highest BCUT2D eigenvalue weighted by Crippen LogP contribution is 2.29.